The zero-order valence-electron chi connectivity index (χ0n) is 25.5. The van der Waals surface area contributed by atoms with E-state index in [4.69, 9.17) is 9.84 Å². The number of rotatable bonds is 16. The molecule has 1 amide bonds. The van der Waals surface area contributed by atoms with Gasteiger partial charge in [-0.1, -0.05) is 60.7 Å². The Bertz CT molecular complexity index is 1680. The topological polar surface area (TPSA) is 125 Å². The Morgan fingerprint density at radius 2 is 1.38 bits per heavy atom. The number of carbonyl (C=O) groups excluding carboxylic acids is 1. The van der Waals surface area contributed by atoms with Crippen LogP contribution in [0.25, 0.3) is 0 Å². The van der Waals surface area contributed by atoms with Gasteiger partial charge >= 0.3 is 5.97 Å². The highest BCUT2D eigenvalue weighted by atomic mass is 32.2. The van der Waals surface area contributed by atoms with Gasteiger partial charge in [0.25, 0.3) is 0 Å². The second-order valence-corrected chi connectivity index (χ2v) is 12.7. The fourth-order valence-corrected chi connectivity index (χ4v) is 5.48. The van der Waals surface area contributed by atoms with Gasteiger partial charge in [-0.3, -0.25) is 14.3 Å². The van der Waals surface area contributed by atoms with Gasteiger partial charge in [0, 0.05) is 38.2 Å². The molecule has 0 aliphatic carbocycles. The highest BCUT2D eigenvalue weighted by Crippen LogP contribution is 2.30. The Kier molecular flexibility index (Phi) is 11.6. The number of sulfonamides is 1. The van der Waals surface area contributed by atoms with E-state index < -0.39 is 16.0 Å². The van der Waals surface area contributed by atoms with E-state index in [1.165, 1.54) is 0 Å². The molecule has 10 heteroatoms. The quantitative estimate of drug-likeness (QED) is 0.125. The van der Waals surface area contributed by atoms with Crippen molar-refractivity contribution in [2.45, 2.75) is 45.7 Å². The van der Waals surface area contributed by atoms with Gasteiger partial charge in [0.15, 0.2) is 0 Å². The largest absolute Gasteiger partial charge is 0.481 e. The first-order valence-corrected chi connectivity index (χ1v) is 16.7. The standard InChI is InChI=1S/C35H39N3O6S/c1-26-32(37-45(2,42)43)10-6-11-33(26)38(24-28-8-4-3-5-9-28)25-29-15-20-31(21-16-29)44-30-18-13-27(14-19-30)17-22-34(39)36-23-7-12-35(40)41/h3-6,8-11,13-16,18-21,37H,7,12,17,22-25H2,1-2H3,(H,36,39)(H,40,41). The third-order valence-electron chi connectivity index (χ3n) is 7.14. The van der Waals surface area contributed by atoms with E-state index in [0.29, 0.717) is 56.1 Å². The Hall–Kier alpha value is -4.83. The van der Waals surface area contributed by atoms with Crippen molar-refractivity contribution >= 4 is 33.3 Å². The van der Waals surface area contributed by atoms with Gasteiger partial charge in [-0.25, -0.2) is 8.42 Å². The third kappa shape index (κ3) is 11.0. The molecule has 0 aromatic heterocycles. The van der Waals surface area contributed by atoms with Crippen LogP contribution in [0.4, 0.5) is 11.4 Å². The minimum Gasteiger partial charge on any atom is -0.481 e. The van der Waals surface area contributed by atoms with E-state index in [9.17, 15) is 18.0 Å². The van der Waals surface area contributed by atoms with Gasteiger partial charge in [0.2, 0.25) is 15.9 Å². The van der Waals surface area contributed by atoms with Gasteiger partial charge in [0.1, 0.15) is 11.5 Å². The van der Waals surface area contributed by atoms with Crippen LogP contribution in [0.3, 0.4) is 0 Å². The lowest BCUT2D eigenvalue weighted by Crippen LogP contribution is -2.25. The zero-order valence-corrected chi connectivity index (χ0v) is 26.3. The molecule has 4 rings (SSSR count). The number of anilines is 2. The minimum atomic E-state index is -3.42. The predicted molar refractivity (Wildman–Crippen MR) is 177 cm³/mol. The molecule has 3 N–H and O–H groups in total. The maximum atomic E-state index is 12.0. The van der Waals surface area contributed by atoms with Crippen LogP contribution in [0.2, 0.25) is 0 Å². The molecule has 0 spiro atoms. The SMILES string of the molecule is Cc1c(NS(C)(=O)=O)cccc1N(Cc1ccccc1)Cc1ccc(Oc2ccc(CCC(=O)NCCCC(=O)O)cc2)cc1. The van der Waals surface area contributed by atoms with E-state index in [-0.39, 0.29) is 12.3 Å². The van der Waals surface area contributed by atoms with Crippen molar-refractivity contribution in [1.29, 1.82) is 0 Å². The van der Waals surface area contributed by atoms with Crippen LogP contribution >= 0.6 is 0 Å². The molecule has 0 unspecified atom stereocenters. The maximum Gasteiger partial charge on any atom is 0.303 e. The summed E-state index contributed by atoms with van der Waals surface area (Å²) in [6, 6.07) is 31.2. The molecule has 4 aromatic carbocycles. The molecule has 0 atom stereocenters. The zero-order chi connectivity index (χ0) is 32.2. The Labute approximate surface area is 264 Å². The normalized spacial score (nSPS) is 11.1. The van der Waals surface area contributed by atoms with E-state index in [2.05, 4.69) is 27.1 Å². The summed E-state index contributed by atoms with van der Waals surface area (Å²) in [6.07, 6.45) is 2.51. The number of carboxylic acid groups (broad SMARTS) is 1. The fraction of sp³-hybridized carbons (Fsp3) is 0.257. The molecule has 0 saturated carbocycles. The monoisotopic (exact) mass is 629 g/mol. The number of hydrogen-bond donors (Lipinski definition) is 3. The lowest BCUT2D eigenvalue weighted by atomic mass is 10.1. The van der Waals surface area contributed by atoms with Crippen LogP contribution in [0.1, 0.15) is 41.5 Å². The van der Waals surface area contributed by atoms with E-state index in [1.807, 2.05) is 85.8 Å². The van der Waals surface area contributed by atoms with Gasteiger partial charge in [-0.05, 0) is 78.4 Å². The van der Waals surface area contributed by atoms with E-state index in [0.717, 1.165) is 34.2 Å². The second-order valence-electron chi connectivity index (χ2n) is 10.9. The van der Waals surface area contributed by atoms with Crippen molar-refractivity contribution in [3.05, 3.63) is 119 Å². The van der Waals surface area contributed by atoms with Crippen LogP contribution < -0.4 is 19.7 Å². The minimum absolute atomic E-state index is 0.0399. The number of hydrogen-bond acceptors (Lipinski definition) is 6. The molecule has 0 bridgehead atoms. The lowest BCUT2D eigenvalue weighted by Gasteiger charge is -2.28. The maximum absolute atomic E-state index is 12.0. The highest BCUT2D eigenvalue weighted by Gasteiger charge is 2.15. The lowest BCUT2D eigenvalue weighted by molar-refractivity contribution is -0.137. The molecule has 0 heterocycles. The summed E-state index contributed by atoms with van der Waals surface area (Å²) < 4.78 is 32.6. The molecule has 0 aliphatic heterocycles. The van der Waals surface area contributed by atoms with E-state index >= 15 is 0 Å². The molecular weight excluding hydrogens is 590 g/mol. The molecule has 236 valence electrons. The van der Waals surface area contributed by atoms with Crippen molar-refractivity contribution < 1.29 is 27.9 Å². The number of carbonyl (C=O) groups is 2. The van der Waals surface area contributed by atoms with Gasteiger partial charge in [-0.15, -0.1) is 0 Å². The van der Waals surface area contributed by atoms with Gasteiger partial charge < -0.3 is 20.1 Å². The summed E-state index contributed by atoms with van der Waals surface area (Å²) in [7, 11) is -3.42. The number of nitrogens with zero attached hydrogens (tertiary/aromatic N) is 1. The average molecular weight is 630 g/mol. The highest BCUT2D eigenvalue weighted by molar-refractivity contribution is 7.92. The molecule has 0 aliphatic rings. The number of ether oxygens (including phenoxy) is 1. The first kappa shape index (κ1) is 33.1. The summed E-state index contributed by atoms with van der Waals surface area (Å²) in [4.78, 5) is 24.8. The Balaban J connectivity index is 1.38. The average Bonchev–Trinajstić information content (AvgIpc) is 3.00. The number of aryl methyl sites for hydroxylation is 1. The molecule has 45 heavy (non-hydrogen) atoms. The van der Waals surface area contributed by atoms with Gasteiger partial charge in [0.05, 0.1) is 11.9 Å². The Morgan fingerprint density at radius 3 is 1.98 bits per heavy atom. The van der Waals surface area contributed by atoms with Crippen molar-refractivity contribution in [2.24, 2.45) is 0 Å². The van der Waals surface area contributed by atoms with Gasteiger partial charge in [-0.2, -0.15) is 0 Å². The summed E-state index contributed by atoms with van der Waals surface area (Å²) in [6.45, 7) is 3.52. The summed E-state index contributed by atoms with van der Waals surface area (Å²) in [5, 5.41) is 11.4. The first-order chi connectivity index (χ1) is 21.6. The number of carboxylic acids is 1. The molecule has 9 nitrogen and oxygen atoms in total. The molecule has 0 fully saturated rings. The summed E-state index contributed by atoms with van der Waals surface area (Å²) >= 11 is 0. The summed E-state index contributed by atoms with van der Waals surface area (Å²) in [5.74, 6) is 0.405. The number of aliphatic carboxylic acids is 1. The number of nitrogens with one attached hydrogen (secondary N) is 2. The second kappa shape index (κ2) is 15.8. The van der Waals surface area contributed by atoms with Crippen LogP contribution in [0.15, 0.2) is 97.1 Å². The first-order valence-electron chi connectivity index (χ1n) is 14.8. The summed E-state index contributed by atoms with van der Waals surface area (Å²) in [5.41, 5.74) is 5.54. The van der Waals surface area contributed by atoms with Crippen LogP contribution in [-0.4, -0.2) is 38.2 Å². The van der Waals surface area contributed by atoms with Crippen LogP contribution in [0.5, 0.6) is 11.5 Å². The smallest absolute Gasteiger partial charge is 0.303 e. The van der Waals surface area contributed by atoms with Crippen molar-refractivity contribution in [2.75, 3.05) is 22.4 Å². The van der Waals surface area contributed by atoms with Crippen molar-refractivity contribution in [3.63, 3.8) is 0 Å². The van der Waals surface area contributed by atoms with E-state index in [1.54, 1.807) is 6.07 Å². The Morgan fingerprint density at radius 1 is 0.778 bits per heavy atom. The fourth-order valence-electron chi connectivity index (χ4n) is 4.86. The number of benzene rings is 4. The molecule has 0 saturated heterocycles. The number of amides is 1. The van der Waals surface area contributed by atoms with Crippen molar-refractivity contribution in [1.82, 2.24) is 5.32 Å². The van der Waals surface area contributed by atoms with Crippen molar-refractivity contribution in [3.8, 4) is 11.5 Å². The molecular formula is C35H39N3O6S. The molecule has 0 radical (unpaired) electrons. The van der Waals surface area contributed by atoms with Crippen LogP contribution in [0, 0.1) is 6.92 Å². The molecule has 4 aromatic rings. The third-order valence-corrected chi connectivity index (χ3v) is 7.73. The predicted octanol–water partition coefficient (Wildman–Crippen LogP) is 6.28. The van der Waals surface area contributed by atoms with Crippen LogP contribution in [-0.2, 0) is 39.1 Å².